The Labute approximate surface area is 120 Å². The highest BCUT2D eigenvalue weighted by atomic mass is 35.5. The van der Waals surface area contributed by atoms with Crippen molar-refractivity contribution in [3.8, 4) is 0 Å². The summed E-state index contributed by atoms with van der Waals surface area (Å²) in [6.07, 6.45) is -0.791. The van der Waals surface area contributed by atoms with Crippen LogP contribution in [0.4, 0.5) is 13.2 Å². The summed E-state index contributed by atoms with van der Waals surface area (Å²) in [4.78, 5) is 11.6. The Morgan fingerprint density at radius 3 is 2.35 bits per heavy atom. The fourth-order valence-electron chi connectivity index (χ4n) is 2.65. The third kappa shape index (κ3) is 3.08. The highest BCUT2D eigenvalue weighted by molar-refractivity contribution is 6.27. The molecule has 0 aromatic heterocycles. The van der Waals surface area contributed by atoms with Crippen molar-refractivity contribution in [2.24, 2.45) is 0 Å². The van der Waals surface area contributed by atoms with E-state index in [0.29, 0.717) is 0 Å². The molecule has 1 saturated carbocycles. The van der Waals surface area contributed by atoms with Crippen molar-refractivity contribution in [3.05, 3.63) is 35.6 Å². The van der Waals surface area contributed by atoms with Crippen molar-refractivity contribution in [1.82, 2.24) is 5.32 Å². The SMILES string of the molecule is O=C(CCl)NC1(c2ccccc2F)CCC(F)(F)CC1. The Morgan fingerprint density at radius 2 is 1.80 bits per heavy atom. The zero-order valence-corrected chi connectivity index (χ0v) is 11.5. The van der Waals surface area contributed by atoms with Gasteiger partial charge < -0.3 is 5.32 Å². The van der Waals surface area contributed by atoms with E-state index in [4.69, 9.17) is 11.6 Å². The predicted molar refractivity (Wildman–Crippen MR) is 70.4 cm³/mol. The van der Waals surface area contributed by atoms with Crippen LogP contribution in [-0.4, -0.2) is 17.7 Å². The van der Waals surface area contributed by atoms with Gasteiger partial charge >= 0.3 is 0 Å². The number of hydrogen-bond acceptors (Lipinski definition) is 1. The molecule has 0 unspecified atom stereocenters. The van der Waals surface area contributed by atoms with E-state index in [0.717, 1.165) is 0 Å². The predicted octanol–water partition coefficient (Wildman–Crippen LogP) is 3.59. The van der Waals surface area contributed by atoms with Gasteiger partial charge in [0.25, 0.3) is 0 Å². The largest absolute Gasteiger partial charge is 0.345 e. The standard InChI is InChI=1S/C14H15ClF3NO/c15-9-12(20)19-13(5-7-14(17,18)8-6-13)10-3-1-2-4-11(10)16/h1-4H,5-9H2,(H,19,20). The number of carbonyl (C=O) groups excluding carboxylic acids is 1. The van der Waals surface area contributed by atoms with Crippen molar-refractivity contribution < 1.29 is 18.0 Å². The summed E-state index contributed by atoms with van der Waals surface area (Å²) in [5, 5.41) is 2.63. The lowest BCUT2D eigenvalue weighted by atomic mass is 9.75. The summed E-state index contributed by atoms with van der Waals surface area (Å²) >= 11 is 5.46. The molecule has 1 aromatic rings. The van der Waals surface area contributed by atoms with Gasteiger partial charge in [-0.2, -0.15) is 0 Å². The zero-order chi connectivity index (χ0) is 14.8. The average molecular weight is 306 g/mol. The summed E-state index contributed by atoms with van der Waals surface area (Å²) < 4.78 is 40.7. The van der Waals surface area contributed by atoms with E-state index in [1.807, 2.05) is 0 Å². The minimum atomic E-state index is -2.76. The number of hydrogen-bond donors (Lipinski definition) is 1. The number of benzene rings is 1. The molecular weight excluding hydrogens is 291 g/mol. The van der Waals surface area contributed by atoms with Gasteiger partial charge in [-0.1, -0.05) is 18.2 Å². The molecule has 110 valence electrons. The maximum Gasteiger partial charge on any atom is 0.248 e. The second-order valence-electron chi connectivity index (χ2n) is 5.10. The minimum Gasteiger partial charge on any atom is -0.345 e. The van der Waals surface area contributed by atoms with Crippen LogP contribution in [0.5, 0.6) is 0 Å². The van der Waals surface area contributed by atoms with E-state index in [-0.39, 0.29) is 37.1 Å². The molecule has 0 saturated heterocycles. The zero-order valence-electron chi connectivity index (χ0n) is 10.8. The molecule has 2 rings (SSSR count). The van der Waals surface area contributed by atoms with Gasteiger partial charge in [0.1, 0.15) is 11.7 Å². The molecule has 0 spiro atoms. The van der Waals surface area contributed by atoms with Crippen LogP contribution in [0.3, 0.4) is 0 Å². The normalized spacial score (nSPS) is 20.4. The number of rotatable bonds is 3. The van der Waals surface area contributed by atoms with Crippen molar-refractivity contribution >= 4 is 17.5 Å². The minimum absolute atomic E-state index is 0.0104. The molecule has 0 radical (unpaired) electrons. The monoisotopic (exact) mass is 305 g/mol. The highest BCUT2D eigenvalue weighted by Crippen LogP contribution is 2.44. The van der Waals surface area contributed by atoms with E-state index in [1.165, 1.54) is 18.2 Å². The second kappa shape index (κ2) is 5.64. The topological polar surface area (TPSA) is 29.1 Å². The van der Waals surface area contributed by atoms with Crippen LogP contribution in [0.2, 0.25) is 0 Å². The van der Waals surface area contributed by atoms with Crippen LogP contribution in [0, 0.1) is 5.82 Å². The molecule has 0 aliphatic heterocycles. The fourth-order valence-corrected chi connectivity index (χ4v) is 2.72. The third-order valence-electron chi connectivity index (χ3n) is 3.72. The maximum atomic E-state index is 14.0. The van der Waals surface area contributed by atoms with Crippen molar-refractivity contribution in [2.45, 2.75) is 37.1 Å². The Balaban J connectivity index is 2.35. The number of amides is 1. The van der Waals surface area contributed by atoms with Crippen molar-refractivity contribution in [1.29, 1.82) is 0 Å². The molecule has 2 nitrogen and oxygen atoms in total. The van der Waals surface area contributed by atoms with Gasteiger partial charge in [0.05, 0.1) is 5.54 Å². The van der Waals surface area contributed by atoms with Gasteiger partial charge in [-0.25, -0.2) is 13.2 Å². The summed E-state index contributed by atoms with van der Waals surface area (Å²) in [6, 6.07) is 5.93. The smallest absolute Gasteiger partial charge is 0.248 e. The highest BCUT2D eigenvalue weighted by Gasteiger charge is 2.46. The van der Waals surface area contributed by atoms with Crippen LogP contribution in [0.15, 0.2) is 24.3 Å². The van der Waals surface area contributed by atoms with Gasteiger partial charge in [-0.05, 0) is 18.9 Å². The molecule has 0 atom stereocenters. The van der Waals surface area contributed by atoms with E-state index < -0.39 is 23.2 Å². The lowest BCUT2D eigenvalue weighted by Crippen LogP contribution is -2.50. The summed E-state index contributed by atoms with van der Waals surface area (Å²) in [5.74, 6) is -4.04. The molecule has 1 amide bonds. The first-order valence-electron chi connectivity index (χ1n) is 6.38. The van der Waals surface area contributed by atoms with Gasteiger partial charge in [0.15, 0.2) is 0 Å². The Kier molecular flexibility index (Phi) is 4.28. The fraction of sp³-hybridized carbons (Fsp3) is 0.500. The van der Waals surface area contributed by atoms with E-state index in [2.05, 4.69) is 5.32 Å². The quantitative estimate of drug-likeness (QED) is 0.850. The lowest BCUT2D eigenvalue weighted by Gasteiger charge is -2.41. The molecule has 1 aliphatic rings. The molecule has 1 aliphatic carbocycles. The Bertz CT molecular complexity index is 497. The first-order valence-corrected chi connectivity index (χ1v) is 6.92. The van der Waals surface area contributed by atoms with Gasteiger partial charge in [-0.15, -0.1) is 11.6 Å². The molecular formula is C14H15ClF3NO. The number of nitrogens with one attached hydrogen (secondary N) is 1. The first-order chi connectivity index (χ1) is 9.38. The molecule has 1 N–H and O–H groups in total. The van der Waals surface area contributed by atoms with Gasteiger partial charge in [0.2, 0.25) is 11.8 Å². The van der Waals surface area contributed by atoms with E-state index in [9.17, 15) is 18.0 Å². The molecule has 0 bridgehead atoms. The van der Waals surface area contributed by atoms with Crippen LogP contribution in [0.25, 0.3) is 0 Å². The maximum absolute atomic E-state index is 14.0. The van der Waals surface area contributed by atoms with Gasteiger partial charge in [-0.3, -0.25) is 4.79 Å². The number of halogens is 4. The van der Waals surface area contributed by atoms with Crippen LogP contribution >= 0.6 is 11.6 Å². The van der Waals surface area contributed by atoms with Crippen LogP contribution < -0.4 is 5.32 Å². The first kappa shape index (κ1) is 15.2. The molecule has 1 aromatic carbocycles. The average Bonchev–Trinajstić information content (AvgIpc) is 2.42. The van der Waals surface area contributed by atoms with Crippen LogP contribution in [0.1, 0.15) is 31.2 Å². The second-order valence-corrected chi connectivity index (χ2v) is 5.37. The molecule has 20 heavy (non-hydrogen) atoms. The summed E-state index contributed by atoms with van der Waals surface area (Å²) in [5.41, 5.74) is -0.854. The van der Waals surface area contributed by atoms with E-state index in [1.54, 1.807) is 6.07 Å². The van der Waals surface area contributed by atoms with Gasteiger partial charge in [0, 0.05) is 18.4 Å². The Morgan fingerprint density at radius 1 is 1.20 bits per heavy atom. The third-order valence-corrected chi connectivity index (χ3v) is 3.97. The molecule has 6 heteroatoms. The summed E-state index contributed by atoms with van der Waals surface area (Å²) in [7, 11) is 0. The van der Waals surface area contributed by atoms with E-state index >= 15 is 0 Å². The lowest BCUT2D eigenvalue weighted by molar-refractivity contribution is -0.123. The Hall–Kier alpha value is -1.23. The number of carbonyl (C=O) groups is 1. The van der Waals surface area contributed by atoms with Crippen molar-refractivity contribution in [2.75, 3.05) is 5.88 Å². The number of alkyl halides is 3. The van der Waals surface area contributed by atoms with Crippen molar-refractivity contribution in [3.63, 3.8) is 0 Å². The van der Waals surface area contributed by atoms with Crippen LogP contribution in [-0.2, 0) is 10.3 Å². The molecule has 0 heterocycles. The molecule has 1 fully saturated rings. The summed E-state index contributed by atoms with van der Waals surface area (Å²) in [6.45, 7) is 0.